The molecule has 0 aliphatic carbocycles. The first-order valence-electron chi connectivity index (χ1n) is 6.90. The van der Waals surface area contributed by atoms with Crippen LogP contribution < -0.4 is 9.62 Å². The minimum atomic E-state index is -3.72. The third-order valence-corrected chi connectivity index (χ3v) is 4.45. The van der Waals surface area contributed by atoms with Gasteiger partial charge in [-0.25, -0.2) is 12.8 Å². The molecule has 5 nitrogen and oxygen atoms in total. The molecular weight excluding hydrogens is 319 g/mol. The molecule has 2 rings (SSSR count). The van der Waals surface area contributed by atoms with Crippen LogP contribution in [-0.4, -0.2) is 26.6 Å². The predicted molar refractivity (Wildman–Crippen MR) is 88.3 cm³/mol. The van der Waals surface area contributed by atoms with Gasteiger partial charge in [-0.1, -0.05) is 18.2 Å². The summed E-state index contributed by atoms with van der Waals surface area (Å²) < 4.78 is 38.1. The molecule has 0 aliphatic heterocycles. The van der Waals surface area contributed by atoms with Gasteiger partial charge in [0.05, 0.1) is 11.9 Å². The number of nitrogens with zero attached hydrogens (tertiary/aromatic N) is 1. The number of amides is 1. The van der Waals surface area contributed by atoms with Crippen molar-refractivity contribution in [3.05, 3.63) is 60.4 Å². The van der Waals surface area contributed by atoms with E-state index in [4.69, 9.17) is 0 Å². The number of rotatable bonds is 5. The van der Waals surface area contributed by atoms with Gasteiger partial charge in [-0.15, -0.1) is 0 Å². The zero-order valence-corrected chi connectivity index (χ0v) is 13.5. The van der Waals surface area contributed by atoms with Gasteiger partial charge < -0.3 is 5.32 Å². The molecular formula is C16H17FN2O3S. The second kappa shape index (κ2) is 6.78. The third-order valence-electron chi connectivity index (χ3n) is 3.21. The summed E-state index contributed by atoms with van der Waals surface area (Å²) in [6.07, 6.45) is 1.00. The van der Waals surface area contributed by atoms with Crippen molar-refractivity contribution in [1.29, 1.82) is 0 Å². The summed E-state index contributed by atoms with van der Waals surface area (Å²) >= 11 is 0. The highest BCUT2D eigenvalue weighted by Gasteiger charge is 2.29. The molecule has 1 amide bonds. The molecule has 0 spiro atoms. The molecule has 23 heavy (non-hydrogen) atoms. The topological polar surface area (TPSA) is 66.5 Å². The van der Waals surface area contributed by atoms with Gasteiger partial charge in [-0.05, 0) is 43.3 Å². The number of carbonyl (C=O) groups is 1. The van der Waals surface area contributed by atoms with E-state index in [1.807, 2.05) is 0 Å². The van der Waals surface area contributed by atoms with E-state index >= 15 is 0 Å². The zero-order chi connectivity index (χ0) is 17.0. The number of halogens is 1. The van der Waals surface area contributed by atoms with Crippen LogP contribution in [0.25, 0.3) is 0 Å². The summed E-state index contributed by atoms with van der Waals surface area (Å²) in [6.45, 7) is 1.47. The number of hydrogen-bond donors (Lipinski definition) is 1. The minimum absolute atomic E-state index is 0.226. The average molecular weight is 336 g/mol. The molecule has 122 valence electrons. The van der Waals surface area contributed by atoms with Gasteiger partial charge in [0.2, 0.25) is 15.9 Å². The van der Waals surface area contributed by atoms with E-state index < -0.39 is 27.8 Å². The Hall–Kier alpha value is -2.41. The van der Waals surface area contributed by atoms with Crippen LogP contribution in [0.3, 0.4) is 0 Å². The Morgan fingerprint density at radius 1 is 1.09 bits per heavy atom. The number of nitrogens with one attached hydrogen (secondary N) is 1. The Morgan fingerprint density at radius 2 is 1.65 bits per heavy atom. The fourth-order valence-corrected chi connectivity index (χ4v) is 3.34. The van der Waals surface area contributed by atoms with Crippen LogP contribution in [0.4, 0.5) is 15.8 Å². The van der Waals surface area contributed by atoms with Crippen LogP contribution in [0, 0.1) is 5.82 Å². The summed E-state index contributed by atoms with van der Waals surface area (Å²) in [7, 11) is -3.72. The van der Waals surface area contributed by atoms with E-state index in [9.17, 15) is 17.6 Å². The van der Waals surface area contributed by atoms with Crippen LogP contribution in [-0.2, 0) is 14.8 Å². The van der Waals surface area contributed by atoms with E-state index in [0.717, 1.165) is 22.7 Å². The lowest BCUT2D eigenvalue weighted by Crippen LogP contribution is -2.45. The molecule has 0 aliphatic rings. The number of benzene rings is 2. The molecule has 0 heterocycles. The first-order valence-corrected chi connectivity index (χ1v) is 8.75. The average Bonchev–Trinajstić information content (AvgIpc) is 2.49. The first kappa shape index (κ1) is 17.0. The van der Waals surface area contributed by atoms with Crippen LogP contribution in [0.15, 0.2) is 54.6 Å². The maximum atomic E-state index is 13.0. The van der Waals surface area contributed by atoms with Crippen LogP contribution in [0.2, 0.25) is 0 Å². The molecule has 0 fully saturated rings. The molecule has 0 saturated carbocycles. The van der Waals surface area contributed by atoms with E-state index in [-0.39, 0.29) is 5.69 Å². The van der Waals surface area contributed by atoms with E-state index in [1.165, 1.54) is 19.1 Å². The van der Waals surface area contributed by atoms with E-state index in [1.54, 1.807) is 30.3 Å². The molecule has 0 aromatic heterocycles. The Morgan fingerprint density at radius 3 is 2.17 bits per heavy atom. The molecule has 0 bridgehead atoms. The fraction of sp³-hybridized carbons (Fsp3) is 0.188. The first-order chi connectivity index (χ1) is 10.8. The highest BCUT2D eigenvalue weighted by atomic mass is 32.2. The van der Waals surface area contributed by atoms with Gasteiger partial charge in [0.1, 0.15) is 11.9 Å². The molecule has 2 aromatic rings. The lowest BCUT2D eigenvalue weighted by Gasteiger charge is -2.28. The molecule has 0 saturated heterocycles. The molecule has 1 N–H and O–H groups in total. The van der Waals surface area contributed by atoms with Gasteiger partial charge in [-0.2, -0.15) is 0 Å². The maximum Gasteiger partial charge on any atom is 0.247 e. The van der Waals surface area contributed by atoms with E-state index in [0.29, 0.717) is 5.69 Å². The highest BCUT2D eigenvalue weighted by molar-refractivity contribution is 7.92. The quantitative estimate of drug-likeness (QED) is 0.913. The van der Waals surface area contributed by atoms with Gasteiger partial charge in [0, 0.05) is 5.69 Å². The van der Waals surface area contributed by atoms with Crippen LogP contribution >= 0.6 is 0 Å². The normalized spacial score (nSPS) is 12.5. The highest BCUT2D eigenvalue weighted by Crippen LogP contribution is 2.22. The number of anilines is 2. The Bertz CT molecular complexity index is 777. The van der Waals surface area contributed by atoms with Crippen molar-refractivity contribution < 1.29 is 17.6 Å². The monoisotopic (exact) mass is 336 g/mol. The van der Waals surface area contributed by atoms with Gasteiger partial charge in [0.25, 0.3) is 0 Å². The molecule has 1 atom stereocenters. The molecule has 0 unspecified atom stereocenters. The summed E-state index contributed by atoms with van der Waals surface area (Å²) in [4.78, 5) is 12.3. The smallest absolute Gasteiger partial charge is 0.247 e. The second-order valence-corrected chi connectivity index (χ2v) is 6.93. The zero-order valence-electron chi connectivity index (χ0n) is 12.7. The maximum absolute atomic E-state index is 13.0. The van der Waals surface area contributed by atoms with Crippen molar-refractivity contribution in [1.82, 2.24) is 0 Å². The lowest BCUT2D eigenvalue weighted by atomic mass is 10.2. The number of para-hydroxylation sites is 1. The Labute approximate surface area is 134 Å². The minimum Gasteiger partial charge on any atom is -0.324 e. The molecule has 0 radical (unpaired) electrons. The van der Waals surface area contributed by atoms with Gasteiger partial charge >= 0.3 is 0 Å². The summed E-state index contributed by atoms with van der Waals surface area (Å²) in [5, 5.41) is 2.66. The number of hydrogen-bond acceptors (Lipinski definition) is 3. The Kier molecular flexibility index (Phi) is 5.00. The number of sulfonamides is 1. The van der Waals surface area contributed by atoms with Crippen molar-refractivity contribution in [3.8, 4) is 0 Å². The fourth-order valence-electron chi connectivity index (χ4n) is 2.16. The van der Waals surface area contributed by atoms with E-state index in [2.05, 4.69) is 5.32 Å². The molecule has 2 aromatic carbocycles. The van der Waals surface area contributed by atoms with Crippen molar-refractivity contribution in [2.45, 2.75) is 13.0 Å². The summed E-state index contributed by atoms with van der Waals surface area (Å²) in [5.74, 6) is -0.963. The SMILES string of the molecule is C[C@H](C(=O)Nc1ccccc1)N(c1ccc(F)cc1)S(C)(=O)=O. The van der Waals surface area contributed by atoms with Crippen molar-refractivity contribution >= 4 is 27.3 Å². The molecule has 7 heteroatoms. The van der Waals surface area contributed by atoms with Crippen LogP contribution in [0.5, 0.6) is 0 Å². The van der Waals surface area contributed by atoms with Crippen molar-refractivity contribution in [2.24, 2.45) is 0 Å². The Balaban J connectivity index is 2.28. The standard InChI is InChI=1S/C16H17FN2O3S/c1-12(16(20)18-14-6-4-3-5-7-14)19(23(2,21)22)15-10-8-13(17)9-11-15/h3-12H,1-2H3,(H,18,20)/t12-/m1/s1. The van der Waals surface area contributed by atoms with Crippen molar-refractivity contribution in [2.75, 3.05) is 15.9 Å². The lowest BCUT2D eigenvalue weighted by molar-refractivity contribution is -0.116. The largest absolute Gasteiger partial charge is 0.324 e. The third kappa shape index (κ3) is 4.29. The van der Waals surface area contributed by atoms with Crippen LogP contribution in [0.1, 0.15) is 6.92 Å². The number of carbonyl (C=O) groups excluding carboxylic acids is 1. The summed E-state index contributed by atoms with van der Waals surface area (Å²) in [6, 6.07) is 12.7. The summed E-state index contributed by atoms with van der Waals surface area (Å²) in [5.41, 5.74) is 0.793. The van der Waals surface area contributed by atoms with Crippen molar-refractivity contribution in [3.63, 3.8) is 0 Å². The van der Waals surface area contributed by atoms with Gasteiger partial charge in [-0.3, -0.25) is 9.10 Å². The predicted octanol–water partition coefficient (Wildman–Crippen LogP) is 2.62. The second-order valence-electron chi connectivity index (χ2n) is 5.07. The van der Waals surface area contributed by atoms with Gasteiger partial charge in [0.15, 0.2) is 0 Å².